The SMILES string of the molecule is CCC(Cc1ccccc1)NC(CO)CO. The highest BCUT2D eigenvalue weighted by molar-refractivity contribution is 5.15. The summed E-state index contributed by atoms with van der Waals surface area (Å²) in [5.41, 5.74) is 1.27. The zero-order valence-corrected chi connectivity index (χ0v) is 9.76. The summed E-state index contributed by atoms with van der Waals surface area (Å²) in [4.78, 5) is 0. The molecule has 0 heterocycles. The Morgan fingerprint density at radius 2 is 1.69 bits per heavy atom. The van der Waals surface area contributed by atoms with Crippen LogP contribution in [0, 0.1) is 0 Å². The third kappa shape index (κ3) is 4.31. The zero-order chi connectivity index (χ0) is 11.8. The number of nitrogens with one attached hydrogen (secondary N) is 1. The molecule has 0 amide bonds. The molecule has 3 heteroatoms. The summed E-state index contributed by atoms with van der Waals surface area (Å²) in [6, 6.07) is 10.3. The largest absolute Gasteiger partial charge is 0.395 e. The van der Waals surface area contributed by atoms with Crippen LogP contribution in [0.5, 0.6) is 0 Å². The number of benzene rings is 1. The van der Waals surface area contributed by atoms with Crippen molar-refractivity contribution in [1.29, 1.82) is 0 Å². The van der Waals surface area contributed by atoms with E-state index in [4.69, 9.17) is 10.2 Å². The average molecular weight is 223 g/mol. The summed E-state index contributed by atoms with van der Waals surface area (Å²) in [5.74, 6) is 0. The predicted octanol–water partition coefficient (Wildman–Crippen LogP) is 0.950. The lowest BCUT2D eigenvalue weighted by Crippen LogP contribution is -2.43. The van der Waals surface area contributed by atoms with E-state index < -0.39 is 0 Å². The van der Waals surface area contributed by atoms with Crippen LogP contribution in [0.4, 0.5) is 0 Å². The molecule has 0 spiro atoms. The van der Waals surface area contributed by atoms with Crippen molar-refractivity contribution >= 4 is 0 Å². The maximum Gasteiger partial charge on any atom is 0.0607 e. The van der Waals surface area contributed by atoms with Gasteiger partial charge in [-0.25, -0.2) is 0 Å². The number of rotatable bonds is 7. The van der Waals surface area contributed by atoms with E-state index in [1.807, 2.05) is 18.2 Å². The lowest BCUT2D eigenvalue weighted by Gasteiger charge is -2.22. The Balaban J connectivity index is 2.49. The number of hydrogen-bond acceptors (Lipinski definition) is 3. The molecule has 0 bridgehead atoms. The van der Waals surface area contributed by atoms with Gasteiger partial charge in [-0.2, -0.15) is 0 Å². The van der Waals surface area contributed by atoms with Gasteiger partial charge in [-0.05, 0) is 18.4 Å². The Morgan fingerprint density at radius 3 is 2.19 bits per heavy atom. The molecule has 0 aliphatic rings. The molecule has 3 nitrogen and oxygen atoms in total. The molecule has 3 N–H and O–H groups in total. The van der Waals surface area contributed by atoms with Crippen molar-refractivity contribution in [3.8, 4) is 0 Å². The Kier molecular flexibility index (Phi) is 6.08. The number of hydrogen-bond donors (Lipinski definition) is 3. The van der Waals surface area contributed by atoms with Crippen LogP contribution in [0.1, 0.15) is 18.9 Å². The molecule has 1 aromatic carbocycles. The first-order chi connectivity index (χ1) is 7.80. The van der Waals surface area contributed by atoms with Crippen LogP contribution in [0.2, 0.25) is 0 Å². The molecule has 1 atom stereocenters. The molecule has 0 fully saturated rings. The van der Waals surface area contributed by atoms with Crippen molar-refractivity contribution in [2.75, 3.05) is 13.2 Å². The number of aliphatic hydroxyl groups excluding tert-OH is 2. The second-order valence-corrected chi connectivity index (χ2v) is 4.02. The highest BCUT2D eigenvalue weighted by Gasteiger charge is 2.12. The molecule has 0 aliphatic carbocycles. The Morgan fingerprint density at radius 1 is 1.06 bits per heavy atom. The second kappa shape index (κ2) is 7.39. The van der Waals surface area contributed by atoms with Gasteiger partial charge in [0.05, 0.1) is 19.3 Å². The van der Waals surface area contributed by atoms with Crippen molar-refractivity contribution in [3.63, 3.8) is 0 Å². The Bertz CT molecular complexity index is 273. The van der Waals surface area contributed by atoms with Crippen LogP contribution in [0.3, 0.4) is 0 Å². The minimum absolute atomic E-state index is 0.0260. The fraction of sp³-hybridized carbons (Fsp3) is 0.538. The molecule has 16 heavy (non-hydrogen) atoms. The molecule has 1 aromatic rings. The first kappa shape index (κ1) is 13.2. The van der Waals surface area contributed by atoms with Crippen molar-refractivity contribution in [2.45, 2.75) is 31.8 Å². The fourth-order valence-electron chi connectivity index (χ4n) is 1.72. The molecule has 90 valence electrons. The highest BCUT2D eigenvalue weighted by atomic mass is 16.3. The molecular formula is C13H21NO2. The van der Waals surface area contributed by atoms with E-state index in [9.17, 15) is 0 Å². The molecule has 0 saturated heterocycles. The van der Waals surface area contributed by atoms with Crippen molar-refractivity contribution in [1.82, 2.24) is 5.32 Å². The zero-order valence-electron chi connectivity index (χ0n) is 9.76. The molecule has 0 aromatic heterocycles. The maximum absolute atomic E-state index is 9.01. The van der Waals surface area contributed by atoms with E-state index in [-0.39, 0.29) is 19.3 Å². The van der Waals surface area contributed by atoms with Crippen LogP contribution in [-0.2, 0) is 6.42 Å². The first-order valence-electron chi connectivity index (χ1n) is 5.81. The van der Waals surface area contributed by atoms with Gasteiger partial charge in [-0.3, -0.25) is 0 Å². The minimum atomic E-state index is -0.214. The van der Waals surface area contributed by atoms with Crippen molar-refractivity contribution in [2.24, 2.45) is 0 Å². The summed E-state index contributed by atoms with van der Waals surface area (Å²) in [7, 11) is 0. The van der Waals surface area contributed by atoms with Gasteiger partial charge >= 0.3 is 0 Å². The van der Waals surface area contributed by atoms with E-state index in [0.717, 1.165) is 12.8 Å². The molecule has 0 aliphatic heterocycles. The quantitative estimate of drug-likeness (QED) is 0.645. The monoisotopic (exact) mass is 223 g/mol. The molecular weight excluding hydrogens is 202 g/mol. The normalized spacial score (nSPS) is 13.0. The van der Waals surface area contributed by atoms with Gasteiger partial charge in [0.25, 0.3) is 0 Å². The van der Waals surface area contributed by atoms with Gasteiger partial charge in [-0.15, -0.1) is 0 Å². The molecule has 1 rings (SSSR count). The topological polar surface area (TPSA) is 52.5 Å². The second-order valence-electron chi connectivity index (χ2n) is 4.02. The van der Waals surface area contributed by atoms with Gasteiger partial charge in [0, 0.05) is 6.04 Å². The van der Waals surface area contributed by atoms with Crippen LogP contribution in [0.25, 0.3) is 0 Å². The summed E-state index contributed by atoms with van der Waals surface area (Å²) in [6.07, 6.45) is 1.90. The summed E-state index contributed by atoms with van der Waals surface area (Å²) >= 11 is 0. The first-order valence-corrected chi connectivity index (χ1v) is 5.81. The van der Waals surface area contributed by atoms with Gasteiger partial charge in [0.15, 0.2) is 0 Å². The Hall–Kier alpha value is -0.900. The highest BCUT2D eigenvalue weighted by Crippen LogP contribution is 2.06. The van der Waals surface area contributed by atoms with E-state index in [2.05, 4.69) is 24.4 Å². The van der Waals surface area contributed by atoms with E-state index in [1.165, 1.54) is 5.56 Å². The van der Waals surface area contributed by atoms with Gasteiger partial charge in [0.1, 0.15) is 0 Å². The molecule has 0 saturated carbocycles. The van der Waals surface area contributed by atoms with Gasteiger partial charge in [-0.1, -0.05) is 37.3 Å². The lowest BCUT2D eigenvalue weighted by molar-refractivity contribution is 0.161. The van der Waals surface area contributed by atoms with Crippen LogP contribution < -0.4 is 5.32 Å². The van der Waals surface area contributed by atoms with E-state index in [1.54, 1.807) is 0 Å². The summed E-state index contributed by atoms with van der Waals surface area (Å²) in [6.45, 7) is 2.05. The standard InChI is InChI=1S/C13H21NO2/c1-2-12(14-13(9-15)10-16)8-11-6-4-3-5-7-11/h3-7,12-16H,2,8-10H2,1H3. The van der Waals surface area contributed by atoms with Crippen LogP contribution >= 0.6 is 0 Å². The van der Waals surface area contributed by atoms with E-state index in [0.29, 0.717) is 6.04 Å². The Labute approximate surface area is 97.1 Å². The number of aliphatic hydroxyl groups is 2. The summed E-state index contributed by atoms with van der Waals surface area (Å²) < 4.78 is 0. The third-order valence-corrected chi connectivity index (χ3v) is 2.73. The average Bonchev–Trinajstić information content (AvgIpc) is 2.35. The van der Waals surface area contributed by atoms with Crippen molar-refractivity contribution < 1.29 is 10.2 Å². The predicted molar refractivity (Wildman–Crippen MR) is 65.3 cm³/mol. The lowest BCUT2D eigenvalue weighted by atomic mass is 10.0. The molecule has 1 unspecified atom stereocenters. The minimum Gasteiger partial charge on any atom is -0.395 e. The maximum atomic E-state index is 9.01. The fourth-order valence-corrected chi connectivity index (χ4v) is 1.72. The summed E-state index contributed by atoms with van der Waals surface area (Å²) in [5, 5.41) is 21.3. The van der Waals surface area contributed by atoms with E-state index >= 15 is 0 Å². The molecule has 0 radical (unpaired) electrons. The third-order valence-electron chi connectivity index (χ3n) is 2.73. The van der Waals surface area contributed by atoms with Crippen LogP contribution in [0.15, 0.2) is 30.3 Å². The van der Waals surface area contributed by atoms with Gasteiger partial charge in [0.2, 0.25) is 0 Å². The van der Waals surface area contributed by atoms with Crippen LogP contribution in [-0.4, -0.2) is 35.5 Å². The van der Waals surface area contributed by atoms with Crippen molar-refractivity contribution in [3.05, 3.63) is 35.9 Å². The smallest absolute Gasteiger partial charge is 0.0607 e. The van der Waals surface area contributed by atoms with Gasteiger partial charge < -0.3 is 15.5 Å².